The van der Waals surface area contributed by atoms with Crippen molar-refractivity contribution in [2.45, 2.75) is 387 Å². The molecule has 0 aromatic heterocycles. The van der Waals surface area contributed by atoms with Crippen LogP contribution in [-0.2, 0) is 65.4 Å². The van der Waals surface area contributed by atoms with Crippen LogP contribution < -0.4 is 0 Å². The van der Waals surface area contributed by atoms with Crippen LogP contribution in [0, 0.1) is 5.92 Å². The van der Waals surface area contributed by atoms with Crippen molar-refractivity contribution in [2.24, 2.45) is 5.92 Å². The molecule has 3 unspecified atom stereocenters. The topological polar surface area (TPSA) is 237 Å². The van der Waals surface area contributed by atoms with Crippen molar-refractivity contribution in [2.75, 3.05) is 39.6 Å². The number of hydrogen-bond acceptors (Lipinski definition) is 15. The van der Waals surface area contributed by atoms with Gasteiger partial charge in [-0.15, -0.1) is 0 Å². The van der Waals surface area contributed by atoms with Crippen molar-refractivity contribution >= 4 is 39.5 Å². The summed E-state index contributed by atoms with van der Waals surface area (Å²) in [6, 6.07) is 0. The molecule has 0 bridgehead atoms. The van der Waals surface area contributed by atoms with Gasteiger partial charge in [-0.05, 0) is 31.6 Å². The Kier molecular flexibility index (Phi) is 63.0. The van der Waals surface area contributed by atoms with Gasteiger partial charge in [0.1, 0.15) is 19.3 Å². The zero-order valence-corrected chi connectivity index (χ0v) is 60.1. The third-order valence-electron chi connectivity index (χ3n) is 16.9. The predicted octanol–water partition coefficient (Wildman–Crippen LogP) is 20.5. The Bertz CT molecular complexity index is 1740. The average molecular weight is 1330 g/mol. The molecule has 0 radical (unpaired) electrons. The molecule has 0 aliphatic carbocycles. The van der Waals surface area contributed by atoms with Gasteiger partial charge < -0.3 is 33.8 Å². The third-order valence-corrected chi connectivity index (χ3v) is 18.8. The fourth-order valence-corrected chi connectivity index (χ4v) is 12.4. The van der Waals surface area contributed by atoms with Crippen molar-refractivity contribution in [1.29, 1.82) is 0 Å². The number of aliphatic hydroxyl groups is 1. The van der Waals surface area contributed by atoms with E-state index in [0.29, 0.717) is 25.7 Å². The fraction of sp³-hybridized carbons (Fsp3) is 0.944. The maximum atomic E-state index is 13.0. The van der Waals surface area contributed by atoms with E-state index in [-0.39, 0.29) is 25.7 Å². The number of carbonyl (C=O) groups excluding carboxylic acids is 4. The number of esters is 4. The number of ether oxygens (including phenoxy) is 4. The molecule has 534 valence electrons. The lowest BCUT2D eigenvalue weighted by atomic mass is 9.99. The Morgan fingerprint density at radius 1 is 0.311 bits per heavy atom. The number of phosphoric ester groups is 2. The Hall–Kier alpha value is -1.94. The second-order valence-electron chi connectivity index (χ2n) is 25.9. The third kappa shape index (κ3) is 63.5. The molecule has 0 aromatic carbocycles. The summed E-state index contributed by atoms with van der Waals surface area (Å²) in [5.74, 6) is -1.35. The number of hydrogen-bond donors (Lipinski definition) is 3. The normalized spacial score (nSPS) is 14.4. The maximum absolute atomic E-state index is 13.0. The van der Waals surface area contributed by atoms with E-state index in [2.05, 4.69) is 34.6 Å². The lowest BCUT2D eigenvalue weighted by Gasteiger charge is -2.21. The largest absolute Gasteiger partial charge is 0.472 e. The highest BCUT2D eigenvalue weighted by Crippen LogP contribution is 2.45. The molecule has 0 aromatic rings. The molecule has 17 nitrogen and oxygen atoms in total. The van der Waals surface area contributed by atoms with Gasteiger partial charge in [0.2, 0.25) is 0 Å². The minimum atomic E-state index is -4.95. The van der Waals surface area contributed by atoms with Crippen LogP contribution >= 0.6 is 15.6 Å². The molecule has 0 aliphatic rings. The summed E-state index contributed by atoms with van der Waals surface area (Å²) in [5.41, 5.74) is 0. The fourth-order valence-electron chi connectivity index (χ4n) is 10.8. The molecule has 19 heteroatoms. The van der Waals surface area contributed by atoms with Gasteiger partial charge in [-0.25, -0.2) is 9.13 Å². The molecule has 6 atom stereocenters. The van der Waals surface area contributed by atoms with Gasteiger partial charge in [-0.3, -0.25) is 37.3 Å². The van der Waals surface area contributed by atoms with Crippen LogP contribution in [-0.4, -0.2) is 96.7 Å². The number of phosphoric acid groups is 2. The second-order valence-corrected chi connectivity index (χ2v) is 28.8. The van der Waals surface area contributed by atoms with Gasteiger partial charge in [0.25, 0.3) is 0 Å². The molecule has 0 fully saturated rings. The molecule has 0 saturated heterocycles. The van der Waals surface area contributed by atoms with Crippen LogP contribution in [0.4, 0.5) is 0 Å². The van der Waals surface area contributed by atoms with E-state index in [1.165, 1.54) is 180 Å². The summed E-state index contributed by atoms with van der Waals surface area (Å²) in [5, 5.41) is 10.6. The summed E-state index contributed by atoms with van der Waals surface area (Å²) < 4.78 is 68.1. The first-order chi connectivity index (χ1) is 43.6. The molecule has 0 heterocycles. The van der Waals surface area contributed by atoms with Gasteiger partial charge >= 0.3 is 39.5 Å². The minimum absolute atomic E-state index is 0.106. The lowest BCUT2D eigenvalue weighted by molar-refractivity contribution is -0.161. The number of carbonyl (C=O) groups is 4. The summed E-state index contributed by atoms with van der Waals surface area (Å²) in [6.45, 7) is 7.19. The van der Waals surface area contributed by atoms with Gasteiger partial charge in [-0.1, -0.05) is 317 Å². The Morgan fingerprint density at radius 2 is 0.533 bits per heavy atom. The molecule has 0 aliphatic heterocycles. The van der Waals surface area contributed by atoms with E-state index in [0.717, 1.165) is 109 Å². The van der Waals surface area contributed by atoms with E-state index in [9.17, 15) is 43.2 Å². The summed E-state index contributed by atoms with van der Waals surface area (Å²) >= 11 is 0. The van der Waals surface area contributed by atoms with Gasteiger partial charge in [0.15, 0.2) is 12.2 Å². The highest BCUT2D eigenvalue weighted by Gasteiger charge is 2.30. The standard InChI is InChI=1S/C71H138O17P2/c1-6-10-13-16-19-21-22-23-24-25-26-27-28-29-30-31-32-33-35-42-47-52-57-71(76)88-67(61-82-69(74)55-50-45-40-37-36-39-43-48-53-64(5)9-4)63-86-90(79,80)84-59-65(72)58-83-89(77,78)85-62-66(60-81-68(73)54-49-44-38-18-15-12-8-3)87-70(75)56-51-46-41-34-20-17-14-11-7-2/h64-67,72H,6-63H2,1-5H3,(H,77,78)(H,79,80)/t64?,65-,66+,67+/m0/s1. The lowest BCUT2D eigenvalue weighted by Crippen LogP contribution is -2.30. The Morgan fingerprint density at radius 3 is 0.789 bits per heavy atom. The van der Waals surface area contributed by atoms with Crippen LogP contribution in [0.1, 0.15) is 369 Å². The molecule has 0 saturated carbocycles. The van der Waals surface area contributed by atoms with E-state index in [1.807, 2.05) is 0 Å². The molecule has 0 amide bonds. The average Bonchev–Trinajstić information content (AvgIpc) is 3.57. The Balaban J connectivity index is 5.11. The summed E-state index contributed by atoms with van der Waals surface area (Å²) in [4.78, 5) is 72.3. The SMILES string of the molecule is CCCCCCCCCCCCCCCCCCCCCCCCC(=O)O[C@H](COC(=O)CCCCCCCCCCC(C)CC)COP(=O)(O)OC[C@@H](O)COP(=O)(O)OC[C@@H](COC(=O)CCCCCCCCC)OC(=O)CCCCCCCCCCC. The highest BCUT2D eigenvalue weighted by molar-refractivity contribution is 7.47. The monoisotopic (exact) mass is 1320 g/mol. The van der Waals surface area contributed by atoms with Crippen LogP contribution in [0.15, 0.2) is 0 Å². The zero-order valence-electron chi connectivity index (χ0n) is 58.3. The maximum Gasteiger partial charge on any atom is 0.472 e. The van der Waals surface area contributed by atoms with Crippen LogP contribution in [0.5, 0.6) is 0 Å². The van der Waals surface area contributed by atoms with E-state index in [4.69, 9.17) is 37.0 Å². The molecular weight excluding hydrogens is 1190 g/mol. The van der Waals surface area contributed by atoms with Crippen molar-refractivity contribution in [3.8, 4) is 0 Å². The van der Waals surface area contributed by atoms with E-state index < -0.39 is 97.5 Å². The molecule has 0 spiro atoms. The summed E-state index contributed by atoms with van der Waals surface area (Å²) in [7, 11) is -9.89. The predicted molar refractivity (Wildman–Crippen MR) is 363 cm³/mol. The van der Waals surface area contributed by atoms with Gasteiger partial charge in [0, 0.05) is 25.7 Å². The number of unbranched alkanes of at least 4 members (excludes halogenated alkanes) is 42. The zero-order chi connectivity index (χ0) is 66.3. The minimum Gasteiger partial charge on any atom is -0.462 e. The van der Waals surface area contributed by atoms with Crippen LogP contribution in [0.2, 0.25) is 0 Å². The molecule has 3 N–H and O–H groups in total. The Labute approximate surface area is 549 Å². The van der Waals surface area contributed by atoms with E-state index in [1.54, 1.807) is 0 Å². The first kappa shape index (κ1) is 88.1. The first-order valence-corrected chi connectivity index (χ1v) is 40.2. The van der Waals surface area contributed by atoms with E-state index >= 15 is 0 Å². The number of rotatable bonds is 71. The second kappa shape index (κ2) is 64.4. The molecule has 90 heavy (non-hydrogen) atoms. The quantitative estimate of drug-likeness (QED) is 0.0222. The first-order valence-electron chi connectivity index (χ1n) is 37.2. The molecular formula is C71H138O17P2. The van der Waals surface area contributed by atoms with Crippen molar-refractivity contribution in [3.63, 3.8) is 0 Å². The van der Waals surface area contributed by atoms with Crippen LogP contribution in [0.25, 0.3) is 0 Å². The molecule has 0 rings (SSSR count). The van der Waals surface area contributed by atoms with Crippen molar-refractivity contribution in [3.05, 3.63) is 0 Å². The summed E-state index contributed by atoms with van der Waals surface area (Å²) in [6.07, 6.45) is 51.7. The highest BCUT2D eigenvalue weighted by atomic mass is 31.2. The van der Waals surface area contributed by atoms with Crippen LogP contribution in [0.3, 0.4) is 0 Å². The van der Waals surface area contributed by atoms with Crippen molar-refractivity contribution in [1.82, 2.24) is 0 Å². The van der Waals surface area contributed by atoms with Gasteiger partial charge in [0.05, 0.1) is 26.4 Å². The number of aliphatic hydroxyl groups excluding tert-OH is 1. The van der Waals surface area contributed by atoms with Crippen molar-refractivity contribution < 1.29 is 80.2 Å². The smallest absolute Gasteiger partial charge is 0.462 e. The van der Waals surface area contributed by atoms with Gasteiger partial charge in [-0.2, -0.15) is 0 Å².